The van der Waals surface area contributed by atoms with Crippen LogP contribution in [0.15, 0.2) is 76.9 Å². The first-order valence-electron chi connectivity index (χ1n) is 14.1. The Morgan fingerprint density at radius 2 is 1.80 bits per heavy atom. The lowest BCUT2D eigenvalue weighted by atomic mass is 9.95. The van der Waals surface area contributed by atoms with Crippen molar-refractivity contribution in [1.29, 1.82) is 0 Å². The third-order valence-electron chi connectivity index (χ3n) is 6.81. The minimum absolute atomic E-state index is 0.0670. The topological polar surface area (TPSA) is 115 Å². The average Bonchev–Trinajstić information content (AvgIpc) is 3.59. The summed E-state index contributed by atoms with van der Waals surface area (Å²) in [4.78, 5) is 32.5. The molecule has 0 spiro atoms. The van der Waals surface area contributed by atoms with Crippen molar-refractivity contribution in [1.82, 2.24) is 15.2 Å². The maximum Gasteiger partial charge on any atom is 0.301 e. The highest BCUT2D eigenvalue weighted by molar-refractivity contribution is 8.00. The fourth-order valence-electron chi connectivity index (χ4n) is 4.58. The van der Waals surface area contributed by atoms with Crippen LogP contribution in [0.1, 0.15) is 49.9 Å². The molecule has 1 fully saturated rings. The number of aliphatic hydroxyl groups excluding tert-OH is 1. The Labute approximate surface area is 268 Å². The summed E-state index contributed by atoms with van der Waals surface area (Å²) in [6.45, 7) is 7.00. The molecule has 1 N–H and O–H groups in total. The summed E-state index contributed by atoms with van der Waals surface area (Å²) in [5.74, 6) is 0.163. The summed E-state index contributed by atoms with van der Waals surface area (Å²) in [6, 6.07) is 15.0. The number of hydrogen-bond acceptors (Lipinski definition) is 10. The molecule has 4 aromatic rings. The minimum atomic E-state index is -0.992. The molecule has 44 heavy (non-hydrogen) atoms. The number of halogens is 1. The van der Waals surface area contributed by atoms with Crippen LogP contribution in [0.25, 0.3) is 5.76 Å². The van der Waals surface area contributed by atoms with E-state index in [0.717, 1.165) is 12.0 Å². The highest BCUT2D eigenvalue weighted by Crippen LogP contribution is 2.45. The maximum absolute atomic E-state index is 13.6. The summed E-state index contributed by atoms with van der Waals surface area (Å²) in [5.41, 5.74) is 1.89. The molecule has 12 heteroatoms. The van der Waals surface area contributed by atoms with Gasteiger partial charge in [0.2, 0.25) is 5.13 Å². The number of anilines is 1. The van der Waals surface area contributed by atoms with Crippen LogP contribution in [-0.2, 0) is 15.3 Å². The molecule has 9 nitrogen and oxygen atoms in total. The Morgan fingerprint density at radius 3 is 2.50 bits per heavy atom. The smallest absolute Gasteiger partial charge is 0.301 e. The minimum Gasteiger partial charge on any atom is -0.507 e. The van der Waals surface area contributed by atoms with Crippen molar-refractivity contribution < 1.29 is 24.2 Å². The predicted octanol–water partition coefficient (Wildman–Crippen LogP) is 7.33. The molecule has 1 atom stereocenters. The largest absolute Gasteiger partial charge is 0.507 e. The number of ether oxygens (including phenoxy) is 2. The van der Waals surface area contributed by atoms with Gasteiger partial charge in [0.1, 0.15) is 5.76 Å². The number of ketones is 1. The summed E-state index contributed by atoms with van der Waals surface area (Å²) >= 11 is 8.66. The average molecular weight is 651 g/mol. The number of carbonyl (C=O) groups excluding carboxylic acids is 2. The molecule has 1 aliphatic rings. The van der Waals surface area contributed by atoms with Gasteiger partial charge < -0.3 is 14.6 Å². The molecule has 1 saturated heterocycles. The molecule has 1 aliphatic heterocycles. The third-order valence-corrected chi connectivity index (χ3v) is 9.19. The van der Waals surface area contributed by atoms with Crippen molar-refractivity contribution in [3.05, 3.63) is 94.3 Å². The zero-order valence-electron chi connectivity index (χ0n) is 24.4. The molecule has 2 aromatic heterocycles. The Bertz CT molecular complexity index is 1660. The molecular formula is C32H31ClN4O5S2. The number of aromatic nitrogens is 3. The van der Waals surface area contributed by atoms with Crippen LogP contribution < -0.4 is 14.4 Å². The van der Waals surface area contributed by atoms with E-state index in [0.29, 0.717) is 56.9 Å². The molecule has 2 aromatic carbocycles. The lowest BCUT2D eigenvalue weighted by Gasteiger charge is -2.23. The van der Waals surface area contributed by atoms with E-state index < -0.39 is 17.7 Å². The van der Waals surface area contributed by atoms with E-state index in [1.54, 1.807) is 30.3 Å². The van der Waals surface area contributed by atoms with Crippen LogP contribution in [0.4, 0.5) is 5.13 Å². The van der Waals surface area contributed by atoms with Crippen molar-refractivity contribution >= 4 is 57.3 Å². The van der Waals surface area contributed by atoms with Crippen LogP contribution >= 0.6 is 34.7 Å². The second-order valence-corrected chi connectivity index (χ2v) is 13.0. The number of Topliss-reactive ketones (excluding diaryl/α,β-unsaturated/α-hetero) is 1. The molecule has 3 heterocycles. The first-order chi connectivity index (χ1) is 21.3. The quantitative estimate of drug-likeness (QED) is 0.0553. The molecule has 1 unspecified atom stereocenters. The van der Waals surface area contributed by atoms with Crippen molar-refractivity contribution in [3.63, 3.8) is 0 Å². The third kappa shape index (κ3) is 7.06. The van der Waals surface area contributed by atoms with Crippen LogP contribution in [0.3, 0.4) is 0 Å². The number of aliphatic hydroxyl groups is 1. The van der Waals surface area contributed by atoms with Crippen molar-refractivity contribution in [2.24, 2.45) is 5.92 Å². The number of benzene rings is 2. The zero-order valence-corrected chi connectivity index (χ0v) is 26.8. The number of amides is 1. The highest BCUT2D eigenvalue weighted by Gasteiger charge is 2.48. The number of thioether (sulfide) groups is 1. The summed E-state index contributed by atoms with van der Waals surface area (Å²) in [7, 11) is 0. The Morgan fingerprint density at radius 1 is 1.05 bits per heavy atom. The van der Waals surface area contributed by atoms with E-state index >= 15 is 0 Å². The fraction of sp³-hybridized carbons (Fsp3) is 0.281. The van der Waals surface area contributed by atoms with Gasteiger partial charge in [-0.3, -0.25) is 19.5 Å². The van der Waals surface area contributed by atoms with Gasteiger partial charge in [-0.15, -0.1) is 10.2 Å². The molecule has 1 amide bonds. The fourth-order valence-corrected chi connectivity index (χ4v) is 6.53. The lowest BCUT2D eigenvalue weighted by Crippen LogP contribution is -2.29. The molecule has 5 rings (SSSR count). The second kappa shape index (κ2) is 14.2. The van der Waals surface area contributed by atoms with Crippen molar-refractivity contribution in [2.75, 3.05) is 18.1 Å². The van der Waals surface area contributed by atoms with E-state index in [9.17, 15) is 14.7 Å². The molecular weight excluding hydrogens is 620 g/mol. The number of carbonyl (C=O) groups is 2. The van der Waals surface area contributed by atoms with E-state index in [1.807, 2.05) is 31.2 Å². The zero-order chi connectivity index (χ0) is 31.2. The highest BCUT2D eigenvalue weighted by atomic mass is 35.5. The number of nitrogens with zero attached hydrogens (tertiary/aromatic N) is 4. The van der Waals surface area contributed by atoms with Crippen LogP contribution in [0.2, 0.25) is 5.02 Å². The first-order valence-corrected chi connectivity index (χ1v) is 16.3. The number of pyridine rings is 1. The monoisotopic (exact) mass is 650 g/mol. The summed E-state index contributed by atoms with van der Waals surface area (Å²) in [6.07, 6.45) is 3.88. The maximum atomic E-state index is 13.6. The van der Waals surface area contributed by atoms with E-state index in [-0.39, 0.29) is 16.5 Å². The van der Waals surface area contributed by atoms with E-state index in [4.69, 9.17) is 21.1 Å². The van der Waals surface area contributed by atoms with Gasteiger partial charge in [0.15, 0.2) is 15.8 Å². The summed E-state index contributed by atoms with van der Waals surface area (Å²) < 4.78 is 12.6. The van der Waals surface area contributed by atoms with E-state index in [2.05, 4.69) is 29.0 Å². The molecule has 0 aliphatic carbocycles. The van der Waals surface area contributed by atoms with Gasteiger partial charge in [0, 0.05) is 28.7 Å². The Balaban J connectivity index is 1.54. The van der Waals surface area contributed by atoms with Gasteiger partial charge >= 0.3 is 5.91 Å². The molecule has 0 saturated carbocycles. The molecule has 0 bridgehead atoms. The predicted molar refractivity (Wildman–Crippen MR) is 173 cm³/mol. The van der Waals surface area contributed by atoms with Crippen molar-refractivity contribution in [2.45, 2.75) is 43.3 Å². The Kier molecular flexibility index (Phi) is 10.2. The number of hydrogen-bond donors (Lipinski definition) is 1. The van der Waals surface area contributed by atoms with Gasteiger partial charge in [0.05, 0.1) is 24.8 Å². The van der Waals surface area contributed by atoms with Crippen LogP contribution in [0.5, 0.6) is 11.5 Å². The van der Waals surface area contributed by atoms with Crippen LogP contribution in [0, 0.1) is 5.92 Å². The first kappa shape index (κ1) is 31.5. The molecule has 0 radical (unpaired) electrons. The van der Waals surface area contributed by atoms with Crippen molar-refractivity contribution in [3.8, 4) is 11.5 Å². The van der Waals surface area contributed by atoms with Crippen LogP contribution in [-0.4, -0.2) is 45.2 Å². The van der Waals surface area contributed by atoms with E-state index in [1.165, 1.54) is 40.4 Å². The standard InChI is InChI=1S/C32H31ClN4O5S2/c1-4-41-25-17-22(7-10-24(25)42-16-13-19(2)3)27-26(28(38)21-11-14-34-15-12-21)29(39)30(40)37(27)31-35-36-32(44-31)43-18-20-5-8-23(33)9-6-20/h5-12,14-15,17,19,27,38H,4,13,16,18H2,1-3H3. The van der Waals surface area contributed by atoms with Gasteiger partial charge in [-0.1, -0.05) is 66.7 Å². The summed E-state index contributed by atoms with van der Waals surface area (Å²) in [5, 5.41) is 20.9. The van der Waals surface area contributed by atoms with Gasteiger partial charge in [-0.25, -0.2) is 0 Å². The molecule has 228 valence electrons. The number of rotatable bonds is 12. The lowest BCUT2D eigenvalue weighted by molar-refractivity contribution is -0.132. The van der Waals surface area contributed by atoms with Gasteiger partial charge in [-0.05, 0) is 66.8 Å². The van der Waals surface area contributed by atoms with Gasteiger partial charge in [-0.2, -0.15) is 0 Å². The Hall–Kier alpha value is -3.93. The normalized spacial score (nSPS) is 16.1. The van der Waals surface area contributed by atoms with Gasteiger partial charge in [0.25, 0.3) is 5.78 Å². The SMILES string of the molecule is CCOc1cc(C2C(=C(O)c3ccncc3)C(=O)C(=O)N2c2nnc(SCc3ccc(Cl)cc3)s2)ccc1OCCC(C)C. The second-order valence-electron chi connectivity index (χ2n) is 10.3.